The third kappa shape index (κ3) is 2.79. The Morgan fingerprint density at radius 2 is 1.82 bits per heavy atom. The van der Waals surface area contributed by atoms with Crippen LogP contribution >= 0.6 is 39.1 Å². The minimum absolute atomic E-state index is 0.389. The molecule has 0 aliphatic rings. The fourth-order valence-corrected chi connectivity index (χ4v) is 2.53. The van der Waals surface area contributed by atoms with E-state index in [4.69, 9.17) is 23.2 Å². The van der Waals surface area contributed by atoms with Crippen LogP contribution in [0.15, 0.2) is 28.7 Å². The van der Waals surface area contributed by atoms with Crippen molar-refractivity contribution in [3.05, 3.63) is 44.9 Å². The first-order chi connectivity index (χ1) is 8.11. The predicted molar refractivity (Wildman–Crippen MR) is 74.6 cm³/mol. The van der Waals surface area contributed by atoms with Crippen LogP contribution in [-0.2, 0) is 6.42 Å². The van der Waals surface area contributed by atoms with Gasteiger partial charge in [0.15, 0.2) is 0 Å². The lowest BCUT2D eigenvalue weighted by Crippen LogP contribution is -1.96. The van der Waals surface area contributed by atoms with Crippen molar-refractivity contribution in [3.8, 4) is 11.1 Å². The van der Waals surface area contributed by atoms with Crippen LogP contribution in [0.4, 0.5) is 0 Å². The standard InChI is InChI=1S/C12H9BrCl2N2/c1-2-9-16-11(14)10(12(15)17-9)7-4-3-5-8(13)6-7/h3-6H,2H2,1H3. The minimum Gasteiger partial charge on any atom is -0.220 e. The summed E-state index contributed by atoms with van der Waals surface area (Å²) in [7, 11) is 0. The molecule has 0 aliphatic carbocycles. The summed E-state index contributed by atoms with van der Waals surface area (Å²) in [6, 6.07) is 7.71. The number of rotatable bonds is 2. The summed E-state index contributed by atoms with van der Waals surface area (Å²) < 4.78 is 0.960. The van der Waals surface area contributed by atoms with Crippen LogP contribution in [0.2, 0.25) is 10.3 Å². The van der Waals surface area contributed by atoms with E-state index in [1.54, 1.807) is 0 Å². The molecular formula is C12H9BrCl2N2. The molecule has 0 unspecified atom stereocenters. The second kappa shape index (κ2) is 5.34. The van der Waals surface area contributed by atoms with Crippen LogP contribution in [0.5, 0.6) is 0 Å². The Kier molecular flexibility index (Phi) is 4.02. The average Bonchev–Trinajstić information content (AvgIpc) is 2.28. The molecule has 0 saturated heterocycles. The highest BCUT2D eigenvalue weighted by Crippen LogP contribution is 2.33. The smallest absolute Gasteiger partial charge is 0.142 e. The SMILES string of the molecule is CCc1nc(Cl)c(-c2cccc(Br)c2)c(Cl)n1. The van der Waals surface area contributed by atoms with Crippen molar-refractivity contribution in [1.29, 1.82) is 0 Å². The Balaban J connectivity index is 2.60. The van der Waals surface area contributed by atoms with E-state index in [9.17, 15) is 0 Å². The lowest BCUT2D eigenvalue weighted by Gasteiger charge is -2.08. The van der Waals surface area contributed by atoms with Gasteiger partial charge in [0.1, 0.15) is 16.1 Å². The van der Waals surface area contributed by atoms with Crippen LogP contribution in [-0.4, -0.2) is 9.97 Å². The molecular weight excluding hydrogens is 323 g/mol. The van der Waals surface area contributed by atoms with E-state index < -0.39 is 0 Å². The molecule has 17 heavy (non-hydrogen) atoms. The summed E-state index contributed by atoms with van der Waals surface area (Å²) in [5, 5.41) is 0.778. The maximum atomic E-state index is 6.15. The topological polar surface area (TPSA) is 25.8 Å². The molecule has 0 N–H and O–H groups in total. The molecule has 1 heterocycles. The number of halogens is 3. The van der Waals surface area contributed by atoms with Crippen molar-refractivity contribution >= 4 is 39.1 Å². The number of hydrogen-bond acceptors (Lipinski definition) is 2. The molecule has 0 spiro atoms. The predicted octanol–water partition coefficient (Wildman–Crippen LogP) is 4.78. The van der Waals surface area contributed by atoms with Crippen LogP contribution < -0.4 is 0 Å². The van der Waals surface area contributed by atoms with Crippen LogP contribution in [0.1, 0.15) is 12.7 Å². The molecule has 88 valence electrons. The van der Waals surface area contributed by atoms with Crippen LogP contribution in [0, 0.1) is 0 Å². The average molecular weight is 332 g/mol. The van der Waals surface area contributed by atoms with Gasteiger partial charge in [0.25, 0.3) is 0 Å². The van der Waals surface area contributed by atoms with E-state index in [2.05, 4.69) is 25.9 Å². The van der Waals surface area contributed by atoms with E-state index in [0.717, 1.165) is 10.0 Å². The van der Waals surface area contributed by atoms with Gasteiger partial charge in [-0.3, -0.25) is 0 Å². The first-order valence-corrected chi connectivity index (χ1v) is 6.64. The summed E-state index contributed by atoms with van der Waals surface area (Å²) in [4.78, 5) is 8.43. The second-order valence-electron chi connectivity index (χ2n) is 3.46. The molecule has 5 heteroatoms. The Bertz CT molecular complexity index is 535. The van der Waals surface area contributed by atoms with Crippen molar-refractivity contribution in [2.75, 3.05) is 0 Å². The lowest BCUT2D eigenvalue weighted by atomic mass is 10.1. The van der Waals surface area contributed by atoms with Gasteiger partial charge in [-0.1, -0.05) is 58.2 Å². The first kappa shape index (κ1) is 12.8. The van der Waals surface area contributed by atoms with Gasteiger partial charge in [0, 0.05) is 10.9 Å². The van der Waals surface area contributed by atoms with Gasteiger partial charge in [-0.2, -0.15) is 0 Å². The van der Waals surface area contributed by atoms with Crippen molar-refractivity contribution in [2.24, 2.45) is 0 Å². The van der Waals surface area contributed by atoms with Gasteiger partial charge in [0.2, 0.25) is 0 Å². The molecule has 1 aromatic heterocycles. The maximum absolute atomic E-state index is 6.15. The normalized spacial score (nSPS) is 10.6. The minimum atomic E-state index is 0.389. The van der Waals surface area contributed by atoms with Gasteiger partial charge in [-0.05, 0) is 17.7 Å². The Labute approximate surface area is 118 Å². The zero-order valence-electron chi connectivity index (χ0n) is 9.04. The van der Waals surface area contributed by atoms with E-state index in [0.29, 0.717) is 28.1 Å². The maximum Gasteiger partial charge on any atom is 0.142 e. The lowest BCUT2D eigenvalue weighted by molar-refractivity contribution is 0.942. The van der Waals surface area contributed by atoms with Gasteiger partial charge in [0.05, 0.1) is 5.56 Å². The van der Waals surface area contributed by atoms with Gasteiger partial charge in [-0.25, -0.2) is 9.97 Å². The molecule has 0 atom stereocenters. The highest BCUT2D eigenvalue weighted by atomic mass is 79.9. The van der Waals surface area contributed by atoms with E-state index in [1.807, 2.05) is 31.2 Å². The van der Waals surface area contributed by atoms with Crippen molar-refractivity contribution < 1.29 is 0 Å². The van der Waals surface area contributed by atoms with E-state index in [-0.39, 0.29) is 0 Å². The Morgan fingerprint density at radius 3 is 2.35 bits per heavy atom. The zero-order valence-corrected chi connectivity index (χ0v) is 12.1. The molecule has 0 radical (unpaired) electrons. The highest BCUT2D eigenvalue weighted by molar-refractivity contribution is 9.10. The summed E-state index contributed by atoms with van der Waals surface area (Å²) >= 11 is 15.7. The van der Waals surface area contributed by atoms with Crippen molar-refractivity contribution in [3.63, 3.8) is 0 Å². The fourth-order valence-electron chi connectivity index (χ4n) is 1.49. The van der Waals surface area contributed by atoms with E-state index >= 15 is 0 Å². The summed E-state index contributed by atoms with van der Waals surface area (Å²) in [5.74, 6) is 0.652. The monoisotopic (exact) mass is 330 g/mol. The summed E-state index contributed by atoms with van der Waals surface area (Å²) in [6.45, 7) is 1.96. The number of aryl methyl sites for hydroxylation is 1. The molecule has 0 saturated carbocycles. The summed E-state index contributed by atoms with van der Waals surface area (Å²) in [5.41, 5.74) is 1.57. The highest BCUT2D eigenvalue weighted by Gasteiger charge is 2.13. The molecule has 2 rings (SSSR count). The largest absolute Gasteiger partial charge is 0.220 e. The zero-order chi connectivity index (χ0) is 12.4. The molecule has 2 nitrogen and oxygen atoms in total. The molecule has 0 amide bonds. The van der Waals surface area contributed by atoms with Crippen molar-refractivity contribution in [1.82, 2.24) is 9.97 Å². The number of hydrogen-bond donors (Lipinski definition) is 0. The molecule has 2 aromatic rings. The Morgan fingerprint density at radius 1 is 1.18 bits per heavy atom. The molecule has 1 aromatic carbocycles. The summed E-state index contributed by atoms with van der Waals surface area (Å²) in [6.07, 6.45) is 0.707. The number of benzene rings is 1. The fraction of sp³-hybridized carbons (Fsp3) is 0.167. The first-order valence-electron chi connectivity index (χ1n) is 5.09. The van der Waals surface area contributed by atoms with Gasteiger partial charge in [-0.15, -0.1) is 0 Å². The van der Waals surface area contributed by atoms with Crippen molar-refractivity contribution in [2.45, 2.75) is 13.3 Å². The van der Waals surface area contributed by atoms with Crippen LogP contribution in [0.25, 0.3) is 11.1 Å². The number of nitrogens with zero attached hydrogens (tertiary/aromatic N) is 2. The molecule has 0 bridgehead atoms. The third-order valence-corrected chi connectivity index (χ3v) is 3.34. The number of aromatic nitrogens is 2. The van der Waals surface area contributed by atoms with Gasteiger partial charge < -0.3 is 0 Å². The molecule has 0 aliphatic heterocycles. The molecule has 0 fully saturated rings. The Hall–Kier alpha value is -0.640. The third-order valence-electron chi connectivity index (χ3n) is 2.30. The van der Waals surface area contributed by atoms with E-state index in [1.165, 1.54) is 0 Å². The quantitative estimate of drug-likeness (QED) is 0.740. The van der Waals surface area contributed by atoms with Crippen LogP contribution in [0.3, 0.4) is 0 Å². The second-order valence-corrected chi connectivity index (χ2v) is 5.09. The van der Waals surface area contributed by atoms with Gasteiger partial charge >= 0.3 is 0 Å².